The monoisotopic (exact) mass is 244 g/mol. The molecule has 0 N–H and O–H groups in total. The summed E-state index contributed by atoms with van der Waals surface area (Å²) in [5.41, 5.74) is -2.66. The summed E-state index contributed by atoms with van der Waals surface area (Å²) >= 11 is 0. The molecule has 0 unspecified atom stereocenters. The summed E-state index contributed by atoms with van der Waals surface area (Å²) in [6.07, 6.45) is -4.71. The number of alkyl halides is 3. The van der Waals surface area contributed by atoms with E-state index in [0.717, 1.165) is 6.07 Å². The first-order valence-corrected chi connectivity index (χ1v) is 4.61. The highest BCUT2D eigenvalue weighted by atomic mass is 19.4. The van der Waals surface area contributed by atoms with Crippen LogP contribution in [0.15, 0.2) is 33.5 Å². The van der Waals surface area contributed by atoms with E-state index in [2.05, 4.69) is 4.42 Å². The molecule has 0 aliphatic rings. The molecule has 0 atom stereocenters. The summed E-state index contributed by atoms with van der Waals surface area (Å²) in [7, 11) is 1.41. The lowest BCUT2D eigenvalue weighted by atomic mass is 10.2. The van der Waals surface area contributed by atoms with Crippen molar-refractivity contribution in [2.45, 2.75) is 6.18 Å². The topological polar surface area (TPSA) is 39.4 Å². The first-order chi connectivity index (χ1) is 7.91. The Morgan fingerprint density at radius 1 is 1.24 bits per heavy atom. The van der Waals surface area contributed by atoms with E-state index in [9.17, 15) is 18.0 Å². The Bertz CT molecular complexity index is 613. The van der Waals surface area contributed by atoms with Crippen molar-refractivity contribution in [3.63, 3.8) is 0 Å². The normalized spacial score (nSPS) is 11.8. The van der Waals surface area contributed by atoms with Crippen molar-refractivity contribution in [3.8, 4) is 5.75 Å². The third kappa shape index (κ3) is 2.11. The summed E-state index contributed by atoms with van der Waals surface area (Å²) in [6.45, 7) is 0. The molecule has 0 saturated carbocycles. The van der Waals surface area contributed by atoms with Gasteiger partial charge in [0, 0.05) is 11.5 Å². The maximum absolute atomic E-state index is 12.4. The van der Waals surface area contributed by atoms with Gasteiger partial charge in [-0.1, -0.05) is 0 Å². The Morgan fingerprint density at radius 2 is 1.94 bits per heavy atom. The maximum atomic E-state index is 12.4. The second kappa shape index (κ2) is 3.80. The molecule has 1 aromatic carbocycles. The SMILES string of the molecule is COc1ccc2cc(C(F)(F)F)c(=O)oc2c1. The van der Waals surface area contributed by atoms with Gasteiger partial charge >= 0.3 is 11.8 Å². The van der Waals surface area contributed by atoms with Gasteiger partial charge in [-0.2, -0.15) is 13.2 Å². The molecule has 0 aliphatic carbocycles. The average molecular weight is 244 g/mol. The molecule has 0 spiro atoms. The maximum Gasteiger partial charge on any atom is 0.423 e. The Labute approximate surface area is 93.4 Å². The predicted molar refractivity (Wildman–Crippen MR) is 54.0 cm³/mol. The van der Waals surface area contributed by atoms with Crippen LogP contribution in [-0.4, -0.2) is 7.11 Å². The summed E-state index contributed by atoms with van der Waals surface area (Å²) in [5, 5.41) is 0.192. The summed E-state index contributed by atoms with van der Waals surface area (Å²) in [4.78, 5) is 11.2. The standard InChI is InChI=1S/C11H7F3O3/c1-16-7-3-2-6-4-8(11(12,13)14)10(15)17-9(6)5-7/h2-5H,1H3. The summed E-state index contributed by atoms with van der Waals surface area (Å²) < 4.78 is 46.8. The zero-order chi connectivity index (χ0) is 12.6. The molecule has 1 heterocycles. The largest absolute Gasteiger partial charge is 0.497 e. The van der Waals surface area contributed by atoms with Crippen LogP contribution >= 0.6 is 0 Å². The number of hydrogen-bond donors (Lipinski definition) is 0. The van der Waals surface area contributed by atoms with Crippen LogP contribution in [0.5, 0.6) is 5.75 Å². The molecule has 0 bridgehead atoms. The molecule has 0 saturated heterocycles. The van der Waals surface area contributed by atoms with Gasteiger partial charge in [0.25, 0.3) is 0 Å². The van der Waals surface area contributed by atoms with Gasteiger partial charge in [-0.05, 0) is 18.2 Å². The van der Waals surface area contributed by atoms with E-state index in [1.807, 2.05) is 0 Å². The first kappa shape index (κ1) is 11.5. The van der Waals surface area contributed by atoms with Crippen LogP contribution in [-0.2, 0) is 6.18 Å². The van der Waals surface area contributed by atoms with Crippen molar-refractivity contribution < 1.29 is 22.3 Å². The number of rotatable bonds is 1. The van der Waals surface area contributed by atoms with Crippen molar-refractivity contribution >= 4 is 11.0 Å². The van der Waals surface area contributed by atoms with Gasteiger partial charge in [0.15, 0.2) is 0 Å². The van der Waals surface area contributed by atoms with Gasteiger partial charge in [-0.15, -0.1) is 0 Å². The molecule has 0 fully saturated rings. The van der Waals surface area contributed by atoms with E-state index < -0.39 is 17.4 Å². The highest BCUT2D eigenvalue weighted by Gasteiger charge is 2.35. The van der Waals surface area contributed by atoms with E-state index in [4.69, 9.17) is 4.74 Å². The molecular weight excluding hydrogens is 237 g/mol. The molecule has 90 valence electrons. The van der Waals surface area contributed by atoms with Crippen molar-refractivity contribution in [1.82, 2.24) is 0 Å². The fraction of sp³-hybridized carbons (Fsp3) is 0.182. The molecule has 3 nitrogen and oxygen atoms in total. The molecule has 0 radical (unpaired) electrons. The van der Waals surface area contributed by atoms with Crippen molar-refractivity contribution in [3.05, 3.63) is 40.2 Å². The van der Waals surface area contributed by atoms with Crippen LogP contribution in [0, 0.1) is 0 Å². The number of hydrogen-bond acceptors (Lipinski definition) is 3. The second-order valence-corrected chi connectivity index (χ2v) is 3.35. The minimum Gasteiger partial charge on any atom is -0.497 e. The second-order valence-electron chi connectivity index (χ2n) is 3.35. The summed E-state index contributed by atoms with van der Waals surface area (Å²) in [5.74, 6) is 0.403. The fourth-order valence-corrected chi connectivity index (χ4v) is 1.42. The van der Waals surface area contributed by atoms with Gasteiger partial charge < -0.3 is 9.15 Å². The van der Waals surface area contributed by atoms with Crippen LogP contribution in [0.1, 0.15) is 5.56 Å². The smallest absolute Gasteiger partial charge is 0.423 e. The first-order valence-electron chi connectivity index (χ1n) is 4.61. The van der Waals surface area contributed by atoms with E-state index in [0.29, 0.717) is 5.75 Å². The number of benzene rings is 1. The van der Waals surface area contributed by atoms with Crippen LogP contribution in [0.2, 0.25) is 0 Å². The van der Waals surface area contributed by atoms with Gasteiger partial charge in [0.05, 0.1) is 7.11 Å². The Balaban J connectivity index is 2.71. The number of methoxy groups -OCH3 is 1. The highest BCUT2D eigenvalue weighted by Crippen LogP contribution is 2.29. The van der Waals surface area contributed by atoms with Gasteiger partial charge in [0.1, 0.15) is 16.9 Å². The molecule has 0 amide bonds. The highest BCUT2D eigenvalue weighted by molar-refractivity contribution is 5.78. The van der Waals surface area contributed by atoms with Crippen LogP contribution < -0.4 is 10.4 Å². The fourth-order valence-electron chi connectivity index (χ4n) is 1.42. The molecular formula is C11H7F3O3. The zero-order valence-corrected chi connectivity index (χ0v) is 8.67. The van der Waals surface area contributed by atoms with Crippen LogP contribution in [0.3, 0.4) is 0 Å². The number of halogens is 3. The van der Waals surface area contributed by atoms with Gasteiger partial charge in [-0.25, -0.2) is 4.79 Å². The quantitative estimate of drug-likeness (QED) is 0.724. The molecule has 2 rings (SSSR count). The zero-order valence-electron chi connectivity index (χ0n) is 8.67. The van der Waals surface area contributed by atoms with Crippen molar-refractivity contribution in [2.75, 3.05) is 7.11 Å². The minimum absolute atomic E-state index is 0.0577. The van der Waals surface area contributed by atoms with Crippen molar-refractivity contribution in [2.24, 2.45) is 0 Å². The van der Waals surface area contributed by atoms with Crippen molar-refractivity contribution in [1.29, 1.82) is 0 Å². The Morgan fingerprint density at radius 3 is 2.53 bits per heavy atom. The van der Waals surface area contributed by atoms with E-state index in [-0.39, 0.29) is 11.0 Å². The molecule has 6 heteroatoms. The van der Waals surface area contributed by atoms with Gasteiger partial charge in [0.2, 0.25) is 0 Å². The van der Waals surface area contributed by atoms with Crippen LogP contribution in [0.25, 0.3) is 11.0 Å². The summed E-state index contributed by atoms with van der Waals surface area (Å²) in [6, 6.07) is 5.01. The molecule has 2 aromatic rings. The lowest BCUT2D eigenvalue weighted by Crippen LogP contribution is -2.17. The average Bonchev–Trinajstić information content (AvgIpc) is 2.25. The van der Waals surface area contributed by atoms with E-state index >= 15 is 0 Å². The van der Waals surface area contributed by atoms with Gasteiger partial charge in [-0.3, -0.25) is 0 Å². The number of fused-ring (bicyclic) bond motifs is 1. The predicted octanol–water partition coefficient (Wildman–Crippen LogP) is 2.82. The minimum atomic E-state index is -4.71. The number of ether oxygens (including phenoxy) is 1. The van der Waals surface area contributed by atoms with E-state index in [1.165, 1.54) is 25.3 Å². The van der Waals surface area contributed by atoms with E-state index in [1.54, 1.807) is 0 Å². The third-order valence-corrected chi connectivity index (χ3v) is 2.25. The Hall–Kier alpha value is -1.98. The third-order valence-electron chi connectivity index (χ3n) is 2.25. The molecule has 1 aromatic heterocycles. The lowest BCUT2D eigenvalue weighted by molar-refractivity contribution is -0.139. The molecule has 17 heavy (non-hydrogen) atoms. The Kier molecular flexibility index (Phi) is 2.57. The lowest BCUT2D eigenvalue weighted by Gasteiger charge is -2.06. The molecule has 0 aliphatic heterocycles. The van der Waals surface area contributed by atoms with Crippen LogP contribution in [0.4, 0.5) is 13.2 Å².